The zero-order valence-electron chi connectivity index (χ0n) is 12.6. The molecule has 20 heavy (non-hydrogen) atoms. The van der Waals surface area contributed by atoms with Crippen LogP contribution in [0.15, 0.2) is 0 Å². The van der Waals surface area contributed by atoms with Crippen LogP contribution in [0, 0.1) is 0 Å². The summed E-state index contributed by atoms with van der Waals surface area (Å²) in [5.41, 5.74) is 0. The topological polar surface area (TPSA) is 0 Å². The van der Waals surface area contributed by atoms with Crippen LogP contribution < -0.4 is 0 Å². The van der Waals surface area contributed by atoms with Gasteiger partial charge >= 0.3 is 0 Å². The molecule has 0 radical (unpaired) electrons. The first-order valence-electron chi connectivity index (χ1n) is 8.30. The Morgan fingerprint density at radius 3 is 0.650 bits per heavy atom. The van der Waals surface area contributed by atoms with Crippen molar-refractivity contribution in [1.29, 1.82) is 0 Å². The highest BCUT2D eigenvalue weighted by Crippen LogP contribution is 2.24. The lowest BCUT2D eigenvalue weighted by atomic mass is 10.0. The van der Waals surface area contributed by atoms with Crippen molar-refractivity contribution >= 4 is 50.5 Å². The fourth-order valence-electron chi connectivity index (χ4n) is 2.93. The molecule has 0 spiro atoms. The molecule has 1 aliphatic carbocycles. The molecule has 0 heterocycles. The smallest absolute Gasteiger partial charge is 0.00168 e. The molecule has 0 unspecified atom stereocenters. The Hall–Kier alpha value is 1.40. The summed E-state index contributed by atoms with van der Waals surface area (Å²) in [4.78, 5) is 0. The summed E-state index contributed by atoms with van der Waals surface area (Å²) in [6.45, 7) is 0. The van der Waals surface area contributed by atoms with Gasteiger partial charge in [0, 0.05) is 21.0 Å². The lowest BCUT2D eigenvalue weighted by Crippen LogP contribution is -2.08. The van der Waals surface area contributed by atoms with Gasteiger partial charge in [-0.2, -0.15) is 50.5 Å². The number of rotatable bonds is 0. The molecule has 0 aromatic heterocycles. The molecule has 120 valence electrons. The molecule has 0 atom stereocenters. The van der Waals surface area contributed by atoms with Crippen LogP contribution in [0.2, 0.25) is 0 Å². The van der Waals surface area contributed by atoms with E-state index in [0.29, 0.717) is 21.0 Å². The van der Waals surface area contributed by atoms with Gasteiger partial charge in [-0.3, -0.25) is 0 Å². The first-order valence-corrected chi connectivity index (χ1v) is 10.4. The van der Waals surface area contributed by atoms with E-state index in [2.05, 4.69) is 0 Å². The summed E-state index contributed by atoms with van der Waals surface area (Å²) >= 11 is 18.9. The van der Waals surface area contributed by atoms with E-state index >= 15 is 0 Å². The molecule has 1 saturated carbocycles. The summed E-state index contributed by atoms with van der Waals surface area (Å²) in [7, 11) is 0. The van der Waals surface area contributed by atoms with Gasteiger partial charge in [-0.15, -0.1) is 0 Å². The molecule has 1 fully saturated rings. The average Bonchev–Trinajstić information content (AvgIpc) is 2.37. The lowest BCUT2D eigenvalue weighted by molar-refractivity contribution is 0.525. The van der Waals surface area contributed by atoms with Crippen LogP contribution in [0.5, 0.6) is 0 Å². The molecular formula is C16H32S4. The van der Waals surface area contributed by atoms with Crippen LogP contribution in [0.4, 0.5) is 0 Å². The van der Waals surface area contributed by atoms with Gasteiger partial charge in [0.1, 0.15) is 0 Å². The third-order valence-electron chi connectivity index (χ3n) is 4.30. The van der Waals surface area contributed by atoms with Crippen molar-refractivity contribution in [3.8, 4) is 0 Å². The van der Waals surface area contributed by atoms with Gasteiger partial charge < -0.3 is 0 Å². The van der Waals surface area contributed by atoms with Crippen molar-refractivity contribution in [2.75, 3.05) is 0 Å². The Morgan fingerprint density at radius 1 is 0.350 bits per heavy atom. The van der Waals surface area contributed by atoms with Crippen molar-refractivity contribution in [2.24, 2.45) is 0 Å². The zero-order chi connectivity index (χ0) is 14.8. The third kappa shape index (κ3) is 10.2. The molecule has 0 amide bonds. The predicted octanol–water partition coefficient (Wildman–Crippen LogP) is 5.87. The van der Waals surface area contributed by atoms with Crippen LogP contribution in [0.3, 0.4) is 0 Å². The Balaban J connectivity index is 2.34. The van der Waals surface area contributed by atoms with E-state index in [4.69, 9.17) is 50.5 Å². The molecule has 1 rings (SSSR count). The van der Waals surface area contributed by atoms with Crippen molar-refractivity contribution in [3.63, 3.8) is 0 Å². The Bertz CT molecular complexity index is 171. The van der Waals surface area contributed by atoms with E-state index in [0.717, 1.165) is 0 Å². The molecule has 0 nitrogen and oxygen atoms in total. The molecule has 0 aromatic carbocycles. The fourth-order valence-corrected chi connectivity index (χ4v) is 4.39. The Labute approximate surface area is 148 Å². The van der Waals surface area contributed by atoms with Crippen LogP contribution in [0.1, 0.15) is 77.0 Å². The van der Waals surface area contributed by atoms with Gasteiger partial charge in [-0.1, -0.05) is 25.7 Å². The van der Waals surface area contributed by atoms with E-state index in [1.165, 1.54) is 77.0 Å². The first-order chi connectivity index (χ1) is 9.58. The van der Waals surface area contributed by atoms with Crippen molar-refractivity contribution in [2.45, 2.75) is 98.0 Å². The monoisotopic (exact) mass is 352 g/mol. The predicted molar refractivity (Wildman–Crippen MR) is 107 cm³/mol. The van der Waals surface area contributed by atoms with Crippen LogP contribution in [-0.2, 0) is 0 Å². The number of thiol groups is 4. The second kappa shape index (κ2) is 11.9. The average molecular weight is 353 g/mol. The van der Waals surface area contributed by atoms with Crippen LogP contribution in [-0.4, -0.2) is 21.0 Å². The van der Waals surface area contributed by atoms with Crippen LogP contribution in [0.25, 0.3) is 0 Å². The van der Waals surface area contributed by atoms with Gasteiger partial charge in [-0.05, 0) is 51.4 Å². The Morgan fingerprint density at radius 2 is 0.500 bits per heavy atom. The quantitative estimate of drug-likeness (QED) is 0.385. The molecule has 1 aliphatic rings. The second-order valence-corrected chi connectivity index (χ2v) is 9.26. The normalized spacial score (nSPS) is 36.6. The highest BCUT2D eigenvalue weighted by Gasteiger charge is 2.11. The maximum Gasteiger partial charge on any atom is 0.00168 e. The van der Waals surface area contributed by atoms with Gasteiger partial charge in [0.25, 0.3) is 0 Å². The maximum atomic E-state index is 4.72. The van der Waals surface area contributed by atoms with Crippen molar-refractivity contribution in [3.05, 3.63) is 0 Å². The van der Waals surface area contributed by atoms with Gasteiger partial charge in [0.05, 0.1) is 0 Å². The number of hydrogen-bond donors (Lipinski definition) is 4. The largest absolute Gasteiger partial charge is 0.176 e. The molecule has 0 saturated heterocycles. The minimum atomic E-state index is 0.575. The molecule has 0 aromatic rings. The molecule has 0 aliphatic heterocycles. The van der Waals surface area contributed by atoms with Crippen molar-refractivity contribution < 1.29 is 0 Å². The zero-order valence-corrected chi connectivity index (χ0v) is 16.2. The van der Waals surface area contributed by atoms with E-state index in [-0.39, 0.29) is 0 Å². The fraction of sp³-hybridized carbons (Fsp3) is 1.00. The summed E-state index contributed by atoms with van der Waals surface area (Å²) in [6.07, 6.45) is 15.0. The summed E-state index contributed by atoms with van der Waals surface area (Å²) in [5.74, 6) is 0. The van der Waals surface area contributed by atoms with Crippen molar-refractivity contribution in [1.82, 2.24) is 0 Å². The Kier molecular flexibility index (Phi) is 11.6. The molecule has 0 N–H and O–H groups in total. The first kappa shape index (κ1) is 19.4. The summed E-state index contributed by atoms with van der Waals surface area (Å²) in [6, 6.07) is 0. The second-order valence-electron chi connectivity index (χ2n) is 6.34. The highest BCUT2D eigenvalue weighted by atomic mass is 32.1. The van der Waals surface area contributed by atoms with E-state index < -0.39 is 0 Å². The lowest BCUT2D eigenvalue weighted by Gasteiger charge is -2.17. The third-order valence-corrected chi connectivity index (χ3v) is 6.36. The highest BCUT2D eigenvalue weighted by molar-refractivity contribution is 7.81. The van der Waals surface area contributed by atoms with Gasteiger partial charge in [0.15, 0.2) is 0 Å². The molecule has 4 heteroatoms. The van der Waals surface area contributed by atoms with Crippen LogP contribution >= 0.6 is 50.5 Å². The summed E-state index contributed by atoms with van der Waals surface area (Å²) < 4.78 is 0. The van der Waals surface area contributed by atoms with E-state index in [9.17, 15) is 0 Å². The number of hydrogen-bond acceptors (Lipinski definition) is 4. The molecule has 0 bridgehead atoms. The van der Waals surface area contributed by atoms with Gasteiger partial charge in [-0.25, -0.2) is 0 Å². The molecular weight excluding hydrogens is 320 g/mol. The van der Waals surface area contributed by atoms with Gasteiger partial charge in [0.2, 0.25) is 0 Å². The standard InChI is InChI=1S/C16H32S4/c17-13-5-1-6-14(18)8-3-10-16(20)12-4-11-15(19)9-2-7-13/h13-20H,1-12H2. The van der Waals surface area contributed by atoms with E-state index in [1.807, 2.05) is 0 Å². The maximum absolute atomic E-state index is 4.72. The summed E-state index contributed by atoms with van der Waals surface area (Å²) in [5, 5.41) is 2.30. The minimum Gasteiger partial charge on any atom is -0.176 e. The minimum absolute atomic E-state index is 0.575. The SMILES string of the molecule is SC1CCCC(S)CCCC(S)CCCC(S)CCC1. The van der Waals surface area contributed by atoms with E-state index in [1.54, 1.807) is 0 Å².